The highest BCUT2D eigenvalue weighted by atomic mass is 16.3. The molecule has 0 saturated carbocycles. The summed E-state index contributed by atoms with van der Waals surface area (Å²) in [7, 11) is 0. The Morgan fingerprint density at radius 1 is 0.543 bits per heavy atom. The third-order valence-corrected chi connectivity index (χ3v) is 6.30. The van der Waals surface area contributed by atoms with E-state index < -0.39 is 0 Å². The van der Waals surface area contributed by atoms with E-state index in [9.17, 15) is 0 Å². The highest BCUT2D eigenvalue weighted by molar-refractivity contribution is 6.16. The summed E-state index contributed by atoms with van der Waals surface area (Å²) in [5, 5.41) is 2.02. The first kappa shape index (κ1) is 19.6. The molecule has 0 unspecified atom stereocenters. The van der Waals surface area contributed by atoms with Gasteiger partial charge in [-0.15, -0.1) is 0 Å². The van der Waals surface area contributed by atoms with E-state index in [4.69, 9.17) is 13.8 Å². The van der Waals surface area contributed by atoms with E-state index in [0.29, 0.717) is 5.89 Å². The third kappa shape index (κ3) is 3.19. The lowest BCUT2D eigenvalue weighted by Gasteiger charge is -2.25. The second-order valence-corrected chi connectivity index (χ2v) is 8.43. The maximum absolute atomic E-state index is 6.53. The summed E-state index contributed by atoms with van der Waals surface area (Å²) in [6, 6.07) is 40.8. The van der Waals surface area contributed by atoms with Gasteiger partial charge >= 0.3 is 0 Å². The minimum atomic E-state index is 0.584. The number of benzene rings is 5. The number of nitrogens with zero attached hydrogens (tertiary/aromatic N) is 2. The van der Waals surface area contributed by atoms with Crippen LogP contribution >= 0.6 is 0 Å². The molecule has 0 amide bonds. The highest BCUT2D eigenvalue weighted by Gasteiger charge is 2.23. The quantitative estimate of drug-likeness (QED) is 0.267. The van der Waals surface area contributed by atoms with Crippen molar-refractivity contribution in [1.29, 1.82) is 0 Å². The minimum absolute atomic E-state index is 0.584. The van der Waals surface area contributed by atoms with Crippen molar-refractivity contribution in [2.75, 3.05) is 4.90 Å². The average molecular weight is 453 g/mol. The maximum atomic E-state index is 6.53. The van der Waals surface area contributed by atoms with E-state index in [1.807, 2.05) is 78.9 Å². The van der Waals surface area contributed by atoms with Crippen molar-refractivity contribution in [3.8, 4) is 11.5 Å². The van der Waals surface area contributed by atoms with Crippen LogP contribution in [0.3, 0.4) is 0 Å². The Morgan fingerprint density at radius 2 is 1.17 bits per heavy atom. The van der Waals surface area contributed by atoms with Crippen LogP contribution < -0.4 is 4.90 Å². The Labute approximate surface area is 201 Å². The van der Waals surface area contributed by atoms with Crippen molar-refractivity contribution >= 4 is 50.1 Å². The number of aromatic nitrogens is 1. The molecule has 0 radical (unpaired) electrons. The first-order valence-corrected chi connectivity index (χ1v) is 11.6. The second kappa shape index (κ2) is 7.89. The van der Waals surface area contributed by atoms with Gasteiger partial charge in [-0.1, -0.05) is 66.7 Å². The highest BCUT2D eigenvalue weighted by Crippen LogP contribution is 2.45. The number of fused-ring (bicyclic) bond motifs is 4. The molecule has 166 valence electrons. The molecule has 0 atom stereocenters. The van der Waals surface area contributed by atoms with Crippen LogP contribution in [-0.4, -0.2) is 4.98 Å². The molecular weight excluding hydrogens is 432 g/mol. The number of anilines is 3. The van der Waals surface area contributed by atoms with E-state index in [2.05, 4.69) is 47.4 Å². The summed E-state index contributed by atoms with van der Waals surface area (Å²) in [5.41, 5.74) is 7.18. The van der Waals surface area contributed by atoms with E-state index in [0.717, 1.165) is 55.7 Å². The molecule has 0 spiro atoms. The molecular formula is C31H20N2O2. The van der Waals surface area contributed by atoms with E-state index in [1.54, 1.807) is 0 Å². The van der Waals surface area contributed by atoms with Crippen LogP contribution in [0.15, 0.2) is 130 Å². The van der Waals surface area contributed by atoms with Crippen molar-refractivity contribution in [2.24, 2.45) is 0 Å². The van der Waals surface area contributed by atoms with Crippen LogP contribution in [-0.2, 0) is 0 Å². The van der Waals surface area contributed by atoms with Gasteiger partial charge in [0, 0.05) is 27.7 Å². The largest absolute Gasteiger partial charge is 0.454 e. The topological polar surface area (TPSA) is 42.4 Å². The molecule has 0 aliphatic rings. The zero-order valence-corrected chi connectivity index (χ0v) is 18.8. The average Bonchev–Trinajstić information content (AvgIpc) is 3.53. The van der Waals surface area contributed by atoms with Gasteiger partial charge in [0.25, 0.3) is 0 Å². The zero-order chi connectivity index (χ0) is 23.2. The van der Waals surface area contributed by atoms with Crippen molar-refractivity contribution in [3.05, 3.63) is 121 Å². The number of furan rings is 1. The Balaban J connectivity index is 1.55. The summed E-state index contributed by atoms with van der Waals surface area (Å²) in [5.74, 6) is 0.584. The number of hydrogen-bond donors (Lipinski definition) is 0. The van der Waals surface area contributed by atoms with Crippen molar-refractivity contribution in [1.82, 2.24) is 4.98 Å². The molecule has 0 aliphatic heterocycles. The summed E-state index contributed by atoms with van der Waals surface area (Å²) in [6.45, 7) is 0. The Hall–Kier alpha value is -4.83. The van der Waals surface area contributed by atoms with Crippen molar-refractivity contribution in [2.45, 2.75) is 0 Å². The van der Waals surface area contributed by atoms with Gasteiger partial charge in [0.15, 0.2) is 11.2 Å². The van der Waals surface area contributed by atoms with Crippen molar-refractivity contribution in [3.63, 3.8) is 0 Å². The van der Waals surface area contributed by atoms with Crippen LogP contribution in [0.5, 0.6) is 0 Å². The van der Waals surface area contributed by atoms with Gasteiger partial charge < -0.3 is 13.7 Å². The van der Waals surface area contributed by atoms with Crippen molar-refractivity contribution < 1.29 is 8.83 Å². The predicted octanol–water partition coefficient (Wildman–Crippen LogP) is 8.86. The van der Waals surface area contributed by atoms with Gasteiger partial charge in [-0.25, -0.2) is 4.98 Å². The van der Waals surface area contributed by atoms with Gasteiger partial charge in [-0.2, -0.15) is 0 Å². The van der Waals surface area contributed by atoms with E-state index in [1.165, 1.54) is 0 Å². The van der Waals surface area contributed by atoms with E-state index >= 15 is 0 Å². The van der Waals surface area contributed by atoms with Crippen LogP contribution in [0.4, 0.5) is 17.1 Å². The van der Waals surface area contributed by atoms with Gasteiger partial charge in [-0.3, -0.25) is 0 Å². The maximum Gasteiger partial charge on any atom is 0.228 e. The molecule has 4 heteroatoms. The summed E-state index contributed by atoms with van der Waals surface area (Å²) in [6.07, 6.45) is 0. The van der Waals surface area contributed by atoms with Gasteiger partial charge in [-0.05, 0) is 54.6 Å². The summed E-state index contributed by atoms with van der Waals surface area (Å²) in [4.78, 5) is 7.01. The van der Waals surface area contributed by atoms with Gasteiger partial charge in [0.1, 0.15) is 11.1 Å². The molecule has 7 aromatic rings. The second-order valence-electron chi connectivity index (χ2n) is 8.43. The SMILES string of the molecule is c1ccc(N(c2ccccc2)c2ccc(-c3nc4ccccc4o3)c3c2oc2ccccc23)cc1. The fourth-order valence-corrected chi connectivity index (χ4v) is 4.74. The minimum Gasteiger partial charge on any atom is -0.454 e. The fourth-order valence-electron chi connectivity index (χ4n) is 4.74. The lowest BCUT2D eigenvalue weighted by molar-refractivity contribution is 0.620. The predicted molar refractivity (Wildman–Crippen MR) is 141 cm³/mol. The third-order valence-electron chi connectivity index (χ3n) is 6.30. The normalized spacial score (nSPS) is 11.4. The number of rotatable bonds is 4. The van der Waals surface area contributed by atoms with Crippen LogP contribution in [0.25, 0.3) is 44.5 Å². The monoisotopic (exact) mass is 452 g/mol. The molecule has 2 aromatic heterocycles. The standard InChI is InChI=1S/C31H20N2O2/c1-3-11-21(12-4-1)33(22-13-5-2-6-14-22)26-20-19-24(31-32-25-16-8-10-18-28(25)35-31)29-23-15-7-9-17-27(23)34-30(26)29/h1-20H. The molecule has 7 rings (SSSR count). The van der Waals surface area contributed by atoms with Crippen LogP contribution in [0.1, 0.15) is 0 Å². The molecule has 0 saturated heterocycles. The van der Waals surface area contributed by atoms with Crippen LogP contribution in [0, 0.1) is 0 Å². The molecule has 0 bridgehead atoms. The molecule has 2 heterocycles. The molecule has 5 aromatic carbocycles. The molecule has 0 aliphatic carbocycles. The zero-order valence-electron chi connectivity index (χ0n) is 18.8. The first-order valence-electron chi connectivity index (χ1n) is 11.6. The number of hydrogen-bond acceptors (Lipinski definition) is 4. The van der Waals surface area contributed by atoms with Crippen LogP contribution in [0.2, 0.25) is 0 Å². The molecule has 0 N–H and O–H groups in total. The molecule has 4 nitrogen and oxygen atoms in total. The van der Waals surface area contributed by atoms with Gasteiger partial charge in [0.05, 0.1) is 5.69 Å². The summed E-state index contributed by atoms with van der Waals surface area (Å²) < 4.78 is 12.7. The lowest BCUT2D eigenvalue weighted by Crippen LogP contribution is -2.10. The Morgan fingerprint density at radius 3 is 1.89 bits per heavy atom. The summed E-state index contributed by atoms with van der Waals surface area (Å²) >= 11 is 0. The smallest absolute Gasteiger partial charge is 0.228 e. The Kier molecular flexibility index (Phi) is 4.42. The van der Waals surface area contributed by atoms with Gasteiger partial charge in [0.2, 0.25) is 5.89 Å². The van der Waals surface area contributed by atoms with E-state index in [-0.39, 0.29) is 0 Å². The number of para-hydroxylation sites is 5. The fraction of sp³-hybridized carbons (Fsp3) is 0. The molecule has 0 fully saturated rings. The number of oxazole rings is 1. The first-order chi connectivity index (χ1) is 17.4. The Bertz CT molecular complexity index is 1730. The lowest BCUT2D eigenvalue weighted by atomic mass is 10.0. The molecule has 35 heavy (non-hydrogen) atoms.